The molecule has 3 fully saturated rings. The van der Waals surface area contributed by atoms with Crippen molar-refractivity contribution in [3.63, 3.8) is 0 Å². The van der Waals surface area contributed by atoms with E-state index in [0.717, 1.165) is 38.6 Å². The van der Waals surface area contributed by atoms with E-state index < -0.39 is 5.91 Å². The third-order valence-electron chi connectivity index (χ3n) is 8.52. The molecule has 1 aromatic heterocycles. The first-order chi connectivity index (χ1) is 16.0. The Hall–Kier alpha value is -2.96. The number of nitrogens with zero attached hydrogens (tertiary/aromatic N) is 4. The van der Waals surface area contributed by atoms with Crippen LogP contribution in [0.2, 0.25) is 0 Å². The van der Waals surface area contributed by atoms with E-state index in [4.69, 9.17) is 5.73 Å². The molecule has 1 aromatic carbocycles. The third-order valence-corrected chi connectivity index (χ3v) is 8.52. The van der Waals surface area contributed by atoms with Crippen molar-refractivity contribution >= 4 is 17.9 Å². The van der Waals surface area contributed by atoms with Gasteiger partial charge in [0.2, 0.25) is 5.95 Å². The maximum absolute atomic E-state index is 13.7. The van der Waals surface area contributed by atoms with Crippen LogP contribution in [-0.4, -0.2) is 45.4 Å². The van der Waals surface area contributed by atoms with Gasteiger partial charge in [-0.25, -0.2) is 14.8 Å². The second-order valence-corrected chi connectivity index (χ2v) is 10.1. The molecule has 2 aromatic rings. The summed E-state index contributed by atoms with van der Waals surface area (Å²) in [5.74, 6) is 0.383. The summed E-state index contributed by atoms with van der Waals surface area (Å²) in [6.07, 6.45) is 11.7. The van der Waals surface area contributed by atoms with Crippen LogP contribution in [0.15, 0.2) is 42.7 Å². The van der Waals surface area contributed by atoms with E-state index in [1.54, 1.807) is 4.90 Å². The Morgan fingerprint density at radius 3 is 2.30 bits per heavy atom. The number of urea groups is 1. The summed E-state index contributed by atoms with van der Waals surface area (Å²) < 4.78 is 0. The third kappa shape index (κ3) is 3.77. The van der Waals surface area contributed by atoms with Crippen LogP contribution in [0.25, 0.3) is 0 Å². The van der Waals surface area contributed by atoms with Gasteiger partial charge in [-0.05, 0) is 61.8 Å². The number of anilines is 1. The molecule has 3 aliphatic rings. The fraction of sp³-hybridized carbons (Fsp3) is 0.538. The van der Waals surface area contributed by atoms with Crippen LogP contribution in [-0.2, 0) is 5.41 Å². The van der Waals surface area contributed by atoms with E-state index in [0.29, 0.717) is 18.4 Å². The Bertz CT molecular complexity index is 1010. The minimum absolute atomic E-state index is 0.00238. The lowest BCUT2D eigenvalue weighted by Gasteiger charge is -2.49. The van der Waals surface area contributed by atoms with Gasteiger partial charge in [0.05, 0.1) is 17.6 Å². The Labute approximate surface area is 195 Å². The van der Waals surface area contributed by atoms with Gasteiger partial charge in [-0.2, -0.15) is 0 Å². The van der Waals surface area contributed by atoms with Crippen molar-refractivity contribution in [3.05, 3.63) is 53.9 Å². The summed E-state index contributed by atoms with van der Waals surface area (Å²) in [7, 11) is 0. The molecule has 1 spiro atoms. The SMILES string of the molecule is CC[C@]1(c2ccccc2)CC[C@]2(CC1)CN(c1ncc(C(N)=O)cn1)C(=O)N2CC1CCC1. The summed E-state index contributed by atoms with van der Waals surface area (Å²) >= 11 is 0. The number of primary amides is 1. The van der Waals surface area contributed by atoms with E-state index >= 15 is 0 Å². The number of amides is 3. The maximum Gasteiger partial charge on any atom is 0.327 e. The largest absolute Gasteiger partial charge is 0.366 e. The molecule has 33 heavy (non-hydrogen) atoms. The van der Waals surface area contributed by atoms with Crippen molar-refractivity contribution < 1.29 is 9.59 Å². The van der Waals surface area contributed by atoms with E-state index in [2.05, 4.69) is 52.1 Å². The summed E-state index contributed by atoms with van der Waals surface area (Å²) in [5, 5.41) is 0. The Balaban J connectivity index is 1.42. The average molecular weight is 448 g/mol. The van der Waals surface area contributed by atoms with Crippen molar-refractivity contribution in [3.8, 4) is 0 Å². The fourth-order valence-corrected chi connectivity index (χ4v) is 6.01. The first-order valence-electron chi connectivity index (χ1n) is 12.2. The van der Waals surface area contributed by atoms with Crippen LogP contribution in [0.4, 0.5) is 10.7 Å². The van der Waals surface area contributed by atoms with Crippen molar-refractivity contribution in [2.24, 2.45) is 11.7 Å². The van der Waals surface area contributed by atoms with Gasteiger partial charge in [0.15, 0.2) is 0 Å². The van der Waals surface area contributed by atoms with Crippen molar-refractivity contribution in [1.82, 2.24) is 14.9 Å². The minimum atomic E-state index is -0.568. The predicted molar refractivity (Wildman–Crippen MR) is 127 cm³/mol. The number of carbonyl (C=O) groups is 2. The number of aromatic nitrogens is 2. The van der Waals surface area contributed by atoms with Crippen LogP contribution < -0.4 is 10.6 Å². The second kappa shape index (κ2) is 8.43. The smallest absolute Gasteiger partial charge is 0.327 e. The zero-order chi connectivity index (χ0) is 23.1. The molecule has 7 nitrogen and oxygen atoms in total. The molecule has 2 aliphatic carbocycles. The molecule has 0 radical (unpaired) electrons. The average Bonchev–Trinajstić information content (AvgIpc) is 3.09. The van der Waals surface area contributed by atoms with Crippen molar-refractivity contribution in [2.45, 2.75) is 69.2 Å². The molecule has 2 heterocycles. The fourth-order valence-electron chi connectivity index (χ4n) is 6.01. The van der Waals surface area contributed by atoms with Crippen LogP contribution in [0, 0.1) is 5.92 Å². The summed E-state index contributed by atoms with van der Waals surface area (Å²) in [6.45, 7) is 3.71. The second-order valence-electron chi connectivity index (χ2n) is 10.1. The van der Waals surface area contributed by atoms with Crippen molar-refractivity contribution in [2.75, 3.05) is 18.0 Å². The highest BCUT2D eigenvalue weighted by atomic mass is 16.2. The molecule has 2 saturated carbocycles. The van der Waals surface area contributed by atoms with Crippen LogP contribution >= 0.6 is 0 Å². The van der Waals surface area contributed by atoms with Crippen LogP contribution in [0.1, 0.15) is 74.2 Å². The highest BCUT2D eigenvalue weighted by molar-refractivity contribution is 5.95. The molecule has 1 saturated heterocycles. The number of nitrogens with two attached hydrogens (primary N) is 1. The van der Waals surface area contributed by atoms with Gasteiger partial charge in [0.1, 0.15) is 0 Å². The van der Waals surface area contributed by atoms with Gasteiger partial charge >= 0.3 is 6.03 Å². The number of carbonyl (C=O) groups excluding carboxylic acids is 2. The minimum Gasteiger partial charge on any atom is -0.366 e. The molecule has 5 rings (SSSR count). The van der Waals surface area contributed by atoms with Crippen LogP contribution in [0.5, 0.6) is 0 Å². The van der Waals surface area contributed by atoms with E-state index in [9.17, 15) is 9.59 Å². The highest BCUT2D eigenvalue weighted by Crippen LogP contribution is 2.50. The number of hydrogen-bond acceptors (Lipinski definition) is 4. The molecule has 3 amide bonds. The number of benzene rings is 1. The Kier molecular flexibility index (Phi) is 5.59. The predicted octanol–water partition coefficient (Wildman–Crippen LogP) is 4.28. The maximum atomic E-state index is 13.7. The highest BCUT2D eigenvalue weighted by Gasteiger charge is 2.54. The van der Waals surface area contributed by atoms with E-state index in [1.807, 2.05) is 0 Å². The summed E-state index contributed by atoms with van der Waals surface area (Å²) in [6, 6.07) is 10.9. The standard InChI is InChI=1S/C26H33N5O2/c1-2-25(21-9-4-3-5-10-21)11-13-26(14-12-25)18-30(23-28-15-20(16-29-23)22(27)32)24(33)31(26)17-19-7-6-8-19/h3-5,9-10,15-16,19H,2,6-8,11-14,17-18H2,1H3,(H2,27,32)/t25-,26-. The number of rotatable bonds is 6. The van der Waals surface area contributed by atoms with Gasteiger partial charge in [0.25, 0.3) is 5.91 Å². The molecule has 0 atom stereocenters. The van der Waals surface area contributed by atoms with Gasteiger partial charge in [-0.15, -0.1) is 0 Å². The lowest BCUT2D eigenvalue weighted by molar-refractivity contribution is 0.0648. The molecule has 7 heteroatoms. The first kappa shape index (κ1) is 21.9. The monoisotopic (exact) mass is 447 g/mol. The molecule has 0 bridgehead atoms. The molecule has 0 unspecified atom stereocenters. The summed E-state index contributed by atoms with van der Waals surface area (Å²) in [5.41, 5.74) is 6.98. The molecule has 2 N–H and O–H groups in total. The molecular formula is C26H33N5O2. The van der Waals surface area contributed by atoms with E-state index in [-0.39, 0.29) is 22.5 Å². The van der Waals surface area contributed by atoms with Crippen LogP contribution in [0.3, 0.4) is 0 Å². The normalized spacial score (nSPS) is 27.7. The number of hydrogen-bond donors (Lipinski definition) is 1. The molecule has 174 valence electrons. The topological polar surface area (TPSA) is 92.4 Å². The lowest BCUT2D eigenvalue weighted by Crippen LogP contribution is -2.53. The quantitative estimate of drug-likeness (QED) is 0.715. The lowest BCUT2D eigenvalue weighted by atomic mass is 9.62. The first-order valence-corrected chi connectivity index (χ1v) is 12.2. The summed E-state index contributed by atoms with van der Waals surface area (Å²) in [4.78, 5) is 37.6. The van der Waals surface area contributed by atoms with Gasteiger partial charge in [-0.1, -0.05) is 43.7 Å². The molecule has 1 aliphatic heterocycles. The zero-order valence-electron chi connectivity index (χ0n) is 19.4. The Morgan fingerprint density at radius 2 is 1.76 bits per heavy atom. The Morgan fingerprint density at radius 1 is 1.09 bits per heavy atom. The zero-order valence-corrected chi connectivity index (χ0v) is 19.4. The molecular weight excluding hydrogens is 414 g/mol. The van der Waals surface area contributed by atoms with Gasteiger partial charge < -0.3 is 10.6 Å². The van der Waals surface area contributed by atoms with Crippen molar-refractivity contribution in [1.29, 1.82) is 0 Å². The van der Waals surface area contributed by atoms with Gasteiger partial charge in [-0.3, -0.25) is 9.69 Å². The van der Waals surface area contributed by atoms with E-state index in [1.165, 1.54) is 37.2 Å². The van der Waals surface area contributed by atoms with Gasteiger partial charge in [0, 0.05) is 18.9 Å².